The van der Waals surface area contributed by atoms with Crippen molar-refractivity contribution >= 4 is 5.69 Å². The van der Waals surface area contributed by atoms with E-state index in [0.29, 0.717) is 6.54 Å². The normalized spacial score (nSPS) is 10.1. The maximum Gasteiger partial charge on any atom is 0.124 e. The lowest BCUT2D eigenvalue weighted by molar-refractivity contribution is 0.412. The lowest BCUT2D eigenvalue weighted by Crippen LogP contribution is -2.01. The number of aromatic nitrogens is 2. The molecule has 0 aliphatic rings. The predicted molar refractivity (Wildman–Crippen MR) is 52.8 cm³/mol. The average Bonchev–Trinajstić information content (AvgIpc) is 2.69. The summed E-state index contributed by atoms with van der Waals surface area (Å²) in [5, 5.41) is 7.06. The fourth-order valence-electron chi connectivity index (χ4n) is 1.19. The largest absolute Gasteiger partial charge is 0.379 e. The molecule has 0 bridgehead atoms. The van der Waals surface area contributed by atoms with Gasteiger partial charge < -0.3 is 9.84 Å². The van der Waals surface area contributed by atoms with Gasteiger partial charge in [0.2, 0.25) is 0 Å². The van der Waals surface area contributed by atoms with Gasteiger partial charge >= 0.3 is 0 Å². The third-order valence-electron chi connectivity index (χ3n) is 1.97. The molecule has 0 aliphatic heterocycles. The van der Waals surface area contributed by atoms with Gasteiger partial charge in [0, 0.05) is 24.1 Å². The number of aryl methyl sites for hydroxylation is 1. The van der Waals surface area contributed by atoms with Gasteiger partial charge in [-0.1, -0.05) is 5.16 Å². The molecule has 2 aromatic heterocycles. The molecule has 0 aliphatic carbocycles. The first-order valence-corrected chi connectivity index (χ1v) is 4.40. The second-order valence-electron chi connectivity index (χ2n) is 3.03. The van der Waals surface area contributed by atoms with E-state index in [1.807, 2.05) is 25.3 Å². The first-order chi connectivity index (χ1) is 6.86. The summed E-state index contributed by atoms with van der Waals surface area (Å²) in [6.45, 7) is 2.68. The average molecular weight is 189 g/mol. The van der Waals surface area contributed by atoms with Crippen LogP contribution < -0.4 is 5.32 Å². The molecule has 0 spiro atoms. The summed E-state index contributed by atoms with van der Waals surface area (Å²) in [5.41, 5.74) is 3.08. The Kier molecular flexibility index (Phi) is 2.44. The predicted octanol–water partition coefficient (Wildman–Crippen LogP) is 1.99. The maximum atomic E-state index is 4.73. The van der Waals surface area contributed by atoms with E-state index < -0.39 is 0 Å². The molecule has 0 aromatic carbocycles. The molecule has 2 heterocycles. The lowest BCUT2D eigenvalue weighted by atomic mass is 10.2. The SMILES string of the molecule is Cc1cnccc1NCc1ccon1. The Hall–Kier alpha value is -1.84. The fourth-order valence-corrected chi connectivity index (χ4v) is 1.19. The molecular weight excluding hydrogens is 178 g/mol. The molecule has 0 radical (unpaired) electrons. The minimum Gasteiger partial charge on any atom is -0.379 e. The molecule has 4 nitrogen and oxygen atoms in total. The van der Waals surface area contributed by atoms with Crippen molar-refractivity contribution in [2.24, 2.45) is 0 Å². The Morgan fingerprint density at radius 1 is 1.43 bits per heavy atom. The van der Waals surface area contributed by atoms with E-state index in [1.165, 1.54) is 0 Å². The van der Waals surface area contributed by atoms with Gasteiger partial charge in [0.15, 0.2) is 0 Å². The quantitative estimate of drug-likeness (QED) is 0.802. The molecule has 1 N–H and O–H groups in total. The van der Waals surface area contributed by atoms with Gasteiger partial charge in [-0.25, -0.2) is 0 Å². The Balaban J connectivity index is 2.02. The van der Waals surface area contributed by atoms with Crippen LogP contribution in [0, 0.1) is 6.92 Å². The molecule has 0 atom stereocenters. The third-order valence-corrected chi connectivity index (χ3v) is 1.97. The van der Waals surface area contributed by atoms with Gasteiger partial charge in [-0.3, -0.25) is 4.98 Å². The molecule has 14 heavy (non-hydrogen) atoms. The van der Waals surface area contributed by atoms with Crippen molar-refractivity contribution in [3.05, 3.63) is 42.0 Å². The van der Waals surface area contributed by atoms with E-state index >= 15 is 0 Å². The molecule has 4 heteroatoms. The molecule has 2 rings (SSSR count). The summed E-state index contributed by atoms with van der Waals surface area (Å²) in [4.78, 5) is 4.02. The summed E-state index contributed by atoms with van der Waals surface area (Å²) in [6.07, 6.45) is 5.15. The summed E-state index contributed by atoms with van der Waals surface area (Å²) >= 11 is 0. The summed E-state index contributed by atoms with van der Waals surface area (Å²) in [6, 6.07) is 3.78. The topological polar surface area (TPSA) is 51.0 Å². The first kappa shape index (κ1) is 8.74. The van der Waals surface area contributed by atoms with Gasteiger partial charge in [-0.05, 0) is 18.6 Å². The van der Waals surface area contributed by atoms with Gasteiger partial charge in [0.25, 0.3) is 0 Å². The number of anilines is 1. The van der Waals surface area contributed by atoms with Crippen LogP contribution in [0.3, 0.4) is 0 Å². The van der Waals surface area contributed by atoms with Gasteiger partial charge in [0.1, 0.15) is 12.0 Å². The smallest absolute Gasteiger partial charge is 0.124 e. The standard InChI is InChI=1S/C10H11N3O/c1-8-6-11-4-2-10(8)12-7-9-3-5-14-13-9/h2-6H,7H2,1H3,(H,11,12). The van der Waals surface area contributed by atoms with E-state index in [9.17, 15) is 0 Å². The van der Waals surface area contributed by atoms with Crippen molar-refractivity contribution in [1.82, 2.24) is 10.1 Å². The van der Waals surface area contributed by atoms with Gasteiger partial charge in [-0.2, -0.15) is 0 Å². The second kappa shape index (κ2) is 3.91. The van der Waals surface area contributed by atoms with Gasteiger partial charge in [0.05, 0.1) is 6.54 Å². The number of rotatable bonds is 3. The van der Waals surface area contributed by atoms with Crippen molar-refractivity contribution in [3.63, 3.8) is 0 Å². The Morgan fingerprint density at radius 2 is 2.36 bits per heavy atom. The van der Waals surface area contributed by atoms with Crippen LogP contribution in [0.2, 0.25) is 0 Å². The molecule has 0 saturated heterocycles. The highest BCUT2D eigenvalue weighted by molar-refractivity contribution is 5.48. The fraction of sp³-hybridized carbons (Fsp3) is 0.200. The van der Waals surface area contributed by atoms with E-state index in [1.54, 1.807) is 12.5 Å². The van der Waals surface area contributed by atoms with E-state index in [2.05, 4.69) is 15.5 Å². The highest BCUT2D eigenvalue weighted by atomic mass is 16.5. The first-order valence-electron chi connectivity index (χ1n) is 4.40. The minimum absolute atomic E-state index is 0.668. The van der Waals surface area contributed by atoms with Crippen LogP contribution in [0.25, 0.3) is 0 Å². The number of nitrogens with one attached hydrogen (secondary N) is 1. The molecule has 0 fully saturated rings. The van der Waals surface area contributed by atoms with Crippen molar-refractivity contribution < 1.29 is 4.52 Å². The monoisotopic (exact) mass is 189 g/mol. The van der Waals surface area contributed by atoms with Crippen LogP contribution in [-0.2, 0) is 6.54 Å². The second-order valence-corrected chi connectivity index (χ2v) is 3.03. The van der Waals surface area contributed by atoms with E-state index in [-0.39, 0.29) is 0 Å². The van der Waals surface area contributed by atoms with Crippen molar-refractivity contribution in [2.75, 3.05) is 5.32 Å². The molecule has 0 amide bonds. The minimum atomic E-state index is 0.668. The van der Waals surface area contributed by atoms with Crippen LogP contribution >= 0.6 is 0 Å². The summed E-state index contributed by atoms with van der Waals surface area (Å²) in [5.74, 6) is 0. The van der Waals surface area contributed by atoms with Crippen molar-refractivity contribution in [1.29, 1.82) is 0 Å². The number of hydrogen-bond donors (Lipinski definition) is 1. The zero-order chi connectivity index (χ0) is 9.80. The molecular formula is C10H11N3O. The zero-order valence-electron chi connectivity index (χ0n) is 7.90. The van der Waals surface area contributed by atoms with Gasteiger partial charge in [-0.15, -0.1) is 0 Å². The lowest BCUT2D eigenvalue weighted by Gasteiger charge is -2.06. The van der Waals surface area contributed by atoms with E-state index in [4.69, 9.17) is 4.52 Å². The van der Waals surface area contributed by atoms with Crippen LogP contribution in [0.15, 0.2) is 35.3 Å². The summed E-state index contributed by atoms with van der Waals surface area (Å²) in [7, 11) is 0. The van der Waals surface area contributed by atoms with Crippen LogP contribution in [0.1, 0.15) is 11.3 Å². The molecule has 0 saturated carbocycles. The van der Waals surface area contributed by atoms with Crippen molar-refractivity contribution in [3.8, 4) is 0 Å². The summed E-state index contributed by atoms with van der Waals surface area (Å²) < 4.78 is 4.73. The zero-order valence-corrected chi connectivity index (χ0v) is 7.90. The molecule has 72 valence electrons. The van der Waals surface area contributed by atoms with Crippen LogP contribution in [0.4, 0.5) is 5.69 Å². The third kappa shape index (κ3) is 1.90. The van der Waals surface area contributed by atoms with Crippen LogP contribution in [-0.4, -0.2) is 10.1 Å². The Morgan fingerprint density at radius 3 is 3.07 bits per heavy atom. The van der Waals surface area contributed by atoms with Crippen LogP contribution in [0.5, 0.6) is 0 Å². The maximum absolute atomic E-state index is 4.73. The number of pyridine rings is 1. The Bertz CT molecular complexity index is 398. The highest BCUT2D eigenvalue weighted by Gasteiger charge is 1.98. The van der Waals surface area contributed by atoms with E-state index in [0.717, 1.165) is 16.9 Å². The number of nitrogens with zero attached hydrogens (tertiary/aromatic N) is 2. The molecule has 0 unspecified atom stereocenters. The number of hydrogen-bond acceptors (Lipinski definition) is 4. The highest BCUT2D eigenvalue weighted by Crippen LogP contribution is 2.12. The Labute approximate surface area is 82.0 Å². The van der Waals surface area contributed by atoms with Crippen molar-refractivity contribution in [2.45, 2.75) is 13.5 Å². The molecule has 2 aromatic rings.